The van der Waals surface area contributed by atoms with Crippen LogP contribution in [0.25, 0.3) is 0 Å². The van der Waals surface area contributed by atoms with Gasteiger partial charge in [-0.1, -0.05) is 13.8 Å². The maximum atomic E-state index is 9.66. The van der Waals surface area contributed by atoms with Gasteiger partial charge in [0, 0.05) is 32.8 Å². The average molecular weight is 244 g/mol. The van der Waals surface area contributed by atoms with Crippen LogP contribution in [0.1, 0.15) is 26.7 Å². The molecule has 1 fully saturated rings. The van der Waals surface area contributed by atoms with Gasteiger partial charge in [-0.2, -0.15) is 0 Å². The predicted molar refractivity (Wildman–Crippen MR) is 70.2 cm³/mol. The Morgan fingerprint density at radius 2 is 2.12 bits per heavy atom. The highest BCUT2D eigenvalue weighted by Crippen LogP contribution is 2.22. The van der Waals surface area contributed by atoms with Crippen LogP contribution in [0.2, 0.25) is 0 Å². The topological polar surface area (TPSA) is 44.7 Å². The Balaban J connectivity index is 2.19. The van der Waals surface area contributed by atoms with Crippen LogP contribution in [0.5, 0.6) is 0 Å². The summed E-state index contributed by atoms with van der Waals surface area (Å²) in [6.45, 7) is 7.63. The van der Waals surface area contributed by atoms with Crippen molar-refractivity contribution in [2.45, 2.75) is 38.8 Å². The Labute approximate surface area is 105 Å². The summed E-state index contributed by atoms with van der Waals surface area (Å²) >= 11 is 0. The van der Waals surface area contributed by atoms with Crippen LogP contribution >= 0.6 is 0 Å². The lowest BCUT2D eigenvalue weighted by Crippen LogP contribution is -2.42. The van der Waals surface area contributed by atoms with Gasteiger partial charge in [-0.05, 0) is 25.3 Å². The molecule has 0 heterocycles. The minimum Gasteiger partial charge on any atom is -0.389 e. The van der Waals surface area contributed by atoms with Crippen molar-refractivity contribution in [3.8, 4) is 0 Å². The van der Waals surface area contributed by atoms with Crippen LogP contribution in [0.15, 0.2) is 0 Å². The van der Waals surface area contributed by atoms with Crippen molar-refractivity contribution in [3.05, 3.63) is 0 Å². The highest BCUT2D eigenvalue weighted by atomic mass is 16.5. The second kappa shape index (κ2) is 6.69. The third-order valence-corrected chi connectivity index (χ3v) is 3.03. The summed E-state index contributed by atoms with van der Waals surface area (Å²) in [6.07, 6.45) is 2.27. The molecule has 0 aromatic rings. The van der Waals surface area contributed by atoms with E-state index in [0.29, 0.717) is 13.2 Å². The van der Waals surface area contributed by atoms with E-state index in [1.165, 1.54) is 12.8 Å². The molecule has 0 bridgehead atoms. The first-order valence-electron chi connectivity index (χ1n) is 6.52. The normalized spacial score (nSPS) is 18.7. The first-order valence-corrected chi connectivity index (χ1v) is 6.52. The van der Waals surface area contributed by atoms with Gasteiger partial charge in [0.05, 0.1) is 12.7 Å². The number of methoxy groups -OCH3 is 1. The Kier molecular flexibility index (Phi) is 5.86. The van der Waals surface area contributed by atoms with Gasteiger partial charge >= 0.3 is 0 Å². The van der Waals surface area contributed by atoms with Crippen molar-refractivity contribution in [1.29, 1.82) is 0 Å². The first kappa shape index (κ1) is 14.9. The molecule has 102 valence electrons. The van der Waals surface area contributed by atoms with Crippen LogP contribution in [-0.4, -0.2) is 62.6 Å². The molecule has 1 atom stereocenters. The molecule has 1 unspecified atom stereocenters. The zero-order valence-corrected chi connectivity index (χ0v) is 11.7. The zero-order chi connectivity index (χ0) is 12.9. The van der Waals surface area contributed by atoms with Gasteiger partial charge in [-0.3, -0.25) is 0 Å². The molecule has 1 saturated carbocycles. The van der Waals surface area contributed by atoms with E-state index in [9.17, 15) is 5.11 Å². The Hall–Kier alpha value is -0.160. The van der Waals surface area contributed by atoms with Crippen molar-refractivity contribution >= 4 is 0 Å². The van der Waals surface area contributed by atoms with Crippen LogP contribution in [0, 0.1) is 5.41 Å². The molecule has 4 heteroatoms. The van der Waals surface area contributed by atoms with Crippen LogP contribution < -0.4 is 5.32 Å². The van der Waals surface area contributed by atoms with Crippen LogP contribution in [0.3, 0.4) is 0 Å². The third-order valence-electron chi connectivity index (χ3n) is 3.03. The molecule has 1 aliphatic rings. The molecular formula is C13H28N2O2. The fraction of sp³-hybridized carbons (Fsp3) is 1.00. The second-order valence-electron chi connectivity index (χ2n) is 6.13. The smallest absolute Gasteiger partial charge is 0.0899 e. The molecule has 0 aromatic heterocycles. The van der Waals surface area contributed by atoms with E-state index in [1.54, 1.807) is 7.11 Å². The Morgan fingerprint density at radius 3 is 2.65 bits per heavy atom. The number of aliphatic hydroxyl groups excluding tert-OH is 1. The molecule has 1 rings (SSSR count). The largest absolute Gasteiger partial charge is 0.389 e. The molecule has 0 aromatic carbocycles. The number of rotatable bonds is 9. The van der Waals surface area contributed by atoms with Gasteiger partial charge in [-0.25, -0.2) is 0 Å². The van der Waals surface area contributed by atoms with E-state index in [4.69, 9.17) is 4.74 Å². The van der Waals surface area contributed by atoms with Gasteiger partial charge in [0.25, 0.3) is 0 Å². The Morgan fingerprint density at radius 1 is 1.47 bits per heavy atom. The Bertz CT molecular complexity index is 217. The summed E-state index contributed by atoms with van der Waals surface area (Å²) in [5, 5.41) is 13.2. The molecule has 1 aliphatic carbocycles. The van der Waals surface area contributed by atoms with Crippen molar-refractivity contribution in [2.75, 3.05) is 40.4 Å². The molecule has 2 N–H and O–H groups in total. The van der Waals surface area contributed by atoms with Crippen molar-refractivity contribution in [2.24, 2.45) is 5.41 Å². The van der Waals surface area contributed by atoms with Gasteiger partial charge in [0.1, 0.15) is 0 Å². The number of likely N-dealkylation sites (N-methyl/N-ethyl adjacent to an activating group) is 1. The maximum absolute atomic E-state index is 9.66. The molecular weight excluding hydrogens is 216 g/mol. The summed E-state index contributed by atoms with van der Waals surface area (Å²) in [7, 11) is 3.67. The number of hydrogen-bond acceptors (Lipinski definition) is 4. The van der Waals surface area contributed by atoms with E-state index in [1.807, 2.05) is 0 Å². The quantitative estimate of drug-likeness (QED) is 0.627. The maximum Gasteiger partial charge on any atom is 0.0899 e. The molecule has 0 amide bonds. The second-order valence-corrected chi connectivity index (χ2v) is 6.13. The van der Waals surface area contributed by atoms with Gasteiger partial charge in [0.2, 0.25) is 0 Å². The predicted octanol–water partition coefficient (Wildman–Crippen LogP) is 0.704. The number of nitrogens with one attached hydrogen (secondary N) is 1. The minimum absolute atomic E-state index is 0.240. The van der Waals surface area contributed by atoms with Crippen LogP contribution in [-0.2, 0) is 4.74 Å². The van der Waals surface area contributed by atoms with Gasteiger partial charge < -0.3 is 20.1 Å². The van der Waals surface area contributed by atoms with Crippen molar-refractivity contribution in [3.63, 3.8) is 0 Å². The lowest BCUT2D eigenvalue weighted by Gasteiger charge is -2.31. The standard InChI is InChI=1S/C13H28N2O2/c1-13(2,9-14-11-5-6-11)10-15(3)7-12(16)8-17-4/h11-12,14,16H,5-10H2,1-4H3. The summed E-state index contributed by atoms with van der Waals surface area (Å²) < 4.78 is 4.93. The summed E-state index contributed by atoms with van der Waals surface area (Å²) in [6, 6.07) is 0.763. The summed E-state index contributed by atoms with van der Waals surface area (Å²) in [4.78, 5) is 2.18. The highest BCUT2D eigenvalue weighted by molar-refractivity contribution is 4.85. The number of hydrogen-bond donors (Lipinski definition) is 2. The molecule has 0 spiro atoms. The van der Waals surface area contributed by atoms with Gasteiger partial charge in [0.15, 0.2) is 0 Å². The van der Waals surface area contributed by atoms with E-state index < -0.39 is 6.10 Å². The van der Waals surface area contributed by atoms with Gasteiger partial charge in [-0.15, -0.1) is 0 Å². The molecule has 4 nitrogen and oxygen atoms in total. The molecule has 0 radical (unpaired) electrons. The average Bonchev–Trinajstić information content (AvgIpc) is 2.97. The lowest BCUT2D eigenvalue weighted by atomic mass is 9.92. The van der Waals surface area contributed by atoms with E-state index >= 15 is 0 Å². The zero-order valence-electron chi connectivity index (χ0n) is 11.7. The van der Waals surface area contributed by atoms with E-state index in [2.05, 4.69) is 31.1 Å². The van der Waals surface area contributed by atoms with E-state index in [0.717, 1.165) is 19.1 Å². The molecule has 0 saturated heterocycles. The number of nitrogens with zero attached hydrogens (tertiary/aromatic N) is 1. The fourth-order valence-electron chi connectivity index (χ4n) is 2.16. The summed E-state index contributed by atoms with van der Waals surface area (Å²) in [5.41, 5.74) is 0.240. The fourth-order valence-corrected chi connectivity index (χ4v) is 2.16. The SMILES string of the molecule is COCC(O)CN(C)CC(C)(C)CNC1CC1. The third kappa shape index (κ3) is 6.99. The monoisotopic (exact) mass is 244 g/mol. The van der Waals surface area contributed by atoms with E-state index in [-0.39, 0.29) is 5.41 Å². The molecule has 17 heavy (non-hydrogen) atoms. The van der Waals surface area contributed by atoms with Crippen LogP contribution in [0.4, 0.5) is 0 Å². The minimum atomic E-state index is -0.391. The van der Waals surface area contributed by atoms with Crippen molar-refractivity contribution < 1.29 is 9.84 Å². The number of ether oxygens (including phenoxy) is 1. The number of aliphatic hydroxyl groups is 1. The van der Waals surface area contributed by atoms with Crippen molar-refractivity contribution in [1.82, 2.24) is 10.2 Å². The first-order chi connectivity index (χ1) is 7.93. The highest BCUT2D eigenvalue weighted by Gasteiger charge is 2.26. The molecule has 0 aliphatic heterocycles. The summed E-state index contributed by atoms with van der Waals surface area (Å²) in [5.74, 6) is 0. The lowest BCUT2D eigenvalue weighted by molar-refractivity contribution is 0.0360.